The van der Waals surface area contributed by atoms with E-state index in [9.17, 15) is 10.2 Å². The molecule has 0 bridgehead atoms. The third-order valence-corrected chi connectivity index (χ3v) is 3.78. The van der Waals surface area contributed by atoms with Gasteiger partial charge in [0.1, 0.15) is 0 Å². The number of hydrogen-bond donors (Lipinski definition) is 2. The van der Waals surface area contributed by atoms with Gasteiger partial charge >= 0.3 is 0 Å². The van der Waals surface area contributed by atoms with Crippen LogP contribution in [0.1, 0.15) is 52.4 Å². The molecule has 0 saturated heterocycles. The van der Waals surface area contributed by atoms with E-state index in [4.69, 9.17) is 0 Å². The Morgan fingerprint density at radius 3 is 2.72 bits per heavy atom. The molecule has 104 valence electrons. The first-order chi connectivity index (χ1) is 8.65. The van der Waals surface area contributed by atoms with Crippen LogP contribution in [0.3, 0.4) is 0 Å². The molecule has 1 saturated carbocycles. The molecule has 0 aromatic carbocycles. The Kier molecular flexibility index (Phi) is 7.29. The predicted molar refractivity (Wildman–Crippen MR) is 76.3 cm³/mol. The second-order valence-electron chi connectivity index (χ2n) is 5.45. The molecule has 1 aliphatic carbocycles. The minimum Gasteiger partial charge on any atom is -0.393 e. The van der Waals surface area contributed by atoms with Crippen LogP contribution >= 0.6 is 0 Å². The van der Waals surface area contributed by atoms with Gasteiger partial charge in [-0.25, -0.2) is 0 Å². The highest BCUT2D eigenvalue weighted by Crippen LogP contribution is 2.35. The largest absolute Gasteiger partial charge is 0.393 e. The summed E-state index contributed by atoms with van der Waals surface area (Å²) >= 11 is 0. The van der Waals surface area contributed by atoms with Gasteiger partial charge in [0.05, 0.1) is 12.2 Å². The van der Waals surface area contributed by atoms with Crippen LogP contribution in [0.4, 0.5) is 0 Å². The van der Waals surface area contributed by atoms with Crippen molar-refractivity contribution in [1.29, 1.82) is 0 Å². The molecule has 0 amide bonds. The average Bonchev–Trinajstić information content (AvgIpc) is 2.68. The lowest BCUT2D eigenvalue weighted by atomic mass is 9.90. The number of hydrogen-bond acceptors (Lipinski definition) is 2. The molecule has 1 rings (SSSR count). The maximum absolute atomic E-state index is 10.00. The van der Waals surface area contributed by atoms with Crippen molar-refractivity contribution in [3.63, 3.8) is 0 Å². The summed E-state index contributed by atoms with van der Waals surface area (Å²) in [5.41, 5.74) is 0. The first-order valence-corrected chi connectivity index (χ1v) is 7.34. The molecule has 2 N–H and O–H groups in total. The van der Waals surface area contributed by atoms with Crippen molar-refractivity contribution in [2.75, 3.05) is 0 Å². The van der Waals surface area contributed by atoms with Crippen molar-refractivity contribution in [2.45, 2.75) is 64.6 Å². The Balaban J connectivity index is 2.41. The van der Waals surface area contributed by atoms with Crippen LogP contribution in [0.25, 0.3) is 0 Å². The predicted octanol–water partition coefficient (Wildman–Crippen LogP) is 3.45. The highest BCUT2D eigenvalue weighted by molar-refractivity contribution is 5.02. The summed E-state index contributed by atoms with van der Waals surface area (Å²) in [6.07, 6.45) is 14.3. The Hall–Kier alpha value is -0.600. The lowest BCUT2D eigenvalue weighted by Gasteiger charge is -2.18. The van der Waals surface area contributed by atoms with E-state index >= 15 is 0 Å². The van der Waals surface area contributed by atoms with Crippen LogP contribution in [0.2, 0.25) is 0 Å². The molecule has 0 aliphatic heterocycles. The molecule has 1 fully saturated rings. The van der Waals surface area contributed by atoms with Gasteiger partial charge in [0.15, 0.2) is 0 Å². The summed E-state index contributed by atoms with van der Waals surface area (Å²) in [6, 6.07) is 0. The SMILES string of the molecule is CCCC/C=C\C[C@H]1C(O)CCC1/C=C/C(C)O. The van der Waals surface area contributed by atoms with Crippen LogP contribution in [-0.2, 0) is 0 Å². The zero-order valence-electron chi connectivity index (χ0n) is 11.8. The van der Waals surface area contributed by atoms with Gasteiger partial charge in [0, 0.05) is 0 Å². The number of allylic oxidation sites excluding steroid dienone is 3. The lowest BCUT2D eigenvalue weighted by Crippen LogP contribution is -2.17. The molecular weight excluding hydrogens is 224 g/mol. The highest BCUT2D eigenvalue weighted by Gasteiger charge is 2.32. The van der Waals surface area contributed by atoms with Gasteiger partial charge in [0.2, 0.25) is 0 Å². The fourth-order valence-corrected chi connectivity index (χ4v) is 2.64. The van der Waals surface area contributed by atoms with Crippen LogP contribution in [0, 0.1) is 11.8 Å². The zero-order valence-corrected chi connectivity index (χ0v) is 11.8. The van der Waals surface area contributed by atoms with Crippen LogP contribution in [0.5, 0.6) is 0 Å². The monoisotopic (exact) mass is 252 g/mol. The standard InChI is InChI=1S/C16H28O2/c1-3-4-5-6-7-8-15-14(10-9-13(2)17)11-12-16(15)18/h6-7,9-10,13-18H,3-5,8,11-12H2,1-2H3/b7-6-,10-9+/t13?,14?,15-,16?/m1/s1. The van der Waals surface area contributed by atoms with E-state index in [0.29, 0.717) is 11.8 Å². The normalized spacial score (nSPS) is 30.6. The molecule has 18 heavy (non-hydrogen) atoms. The lowest BCUT2D eigenvalue weighted by molar-refractivity contribution is 0.125. The van der Waals surface area contributed by atoms with Crippen LogP contribution < -0.4 is 0 Å². The van der Waals surface area contributed by atoms with E-state index in [2.05, 4.69) is 25.2 Å². The molecule has 0 aromatic heterocycles. The molecule has 0 heterocycles. The Labute approximate surface area is 111 Å². The molecule has 3 unspecified atom stereocenters. The molecule has 0 spiro atoms. The van der Waals surface area contributed by atoms with Crippen molar-refractivity contribution < 1.29 is 10.2 Å². The van der Waals surface area contributed by atoms with E-state index in [-0.39, 0.29) is 12.2 Å². The number of unbranched alkanes of at least 4 members (excludes halogenated alkanes) is 2. The van der Waals surface area contributed by atoms with Gasteiger partial charge in [-0.15, -0.1) is 0 Å². The first-order valence-electron chi connectivity index (χ1n) is 7.34. The molecular formula is C16H28O2. The van der Waals surface area contributed by atoms with Gasteiger partial charge < -0.3 is 10.2 Å². The number of rotatable bonds is 7. The molecule has 0 aromatic rings. The number of aliphatic hydroxyl groups excluding tert-OH is 2. The summed E-state index contributed by atoms with van der Waals surface area (Å²) in [5, 5.41) is 19.3. The Bertz CT molecular complexity index is 268. The van der Waals surface area contributed by atoms with E-state index in [1.807, 2.05) is 6.08 Å². The number of aliphatic hydroxyl groups is 2. The van der Waals surface area contributed by atoms with Gasteiger partial charge in [-0.3, -0.25) is 0 Å². The first kappa shape index (κ1) is 15.5. The van der Waals surface area contributed by atoms with E-state index in [1.165, 1.54) is 12.8 Å². The van der Waals surface area contributed by atoms with Gasteiger partial charge in [-0.1, -0.05) is 44.1 Å². The summed E-state index contributed by atoms with van der Waals surface area (Å²) in [7, 11) is 0. The minimum atomic E-state index is -0.386. The molecule has 4 atom stereocenters. The fourth-order valence-electron chi connectivity index (χ4n) is 2.64. The maximum atomic E-state index is 10.00. The summed E-state index contributed by atoms with van der Waals surface area (Å²) in [5.74, 6) is 0.753. The van der Waals surface area contributed by atoms with Gasteiger partial charge in [-0.05, 0) is 44.4 Å². The van der Waals surface area contributed by atoms with Crippen molar-refractivity contribution in [1.82, 2.24) is 0 Å². The van der Waals surface area contributed by atoms with Crippen LogP contribution in [0.15, 0.2) is 24.3 Å². The van der Waals surface area contributed by atoms with Crippen molar-refractivity contribution in [3.8, 4) is 0 Å². The van der Waals surface area contributed by atoms with Crippen LogP contribution in [-0.4, -0.2) is 22.4 Å². The average molecular weight is 252 g/mol. The second kappa shape index (κ2) is 8.49. The summed E-state index contributed by atoms with van der Waals surface area (Å²) in [6.45, 7) is 3.97. The fraction of sp³-hybridized carbons (Fsp3) is 0.750. The Morgan fingerprint density at radius 2 is 2.06 bits per heavy atom. The van der Waals surface area contributed by atoms with E-state index < -0.39 is 0 Å². The molecule has 2 nitrogen and oxygen atoms in total. The summed E-state index contributed by atoms with van der Waals surface area (Å²) < 4.78 is 0. The third kappa shape index (κ3) is 5.36. The molecule has 0 radical (unpaired) electrons. The molecule has 1 aliphatic rings. The Morgan fingerprint density at radius 1 is 1.28 bits per heavy atom. The van der Waals surface area contributed by atoms with Crippen molar-refractivity contribution in [2.24, 2.45) is 11.8 Å². The van der Waals surface area contributed by atoms with E-state index in [0.717, 1.165) is 25.7 Å². The third-order valence-electron chi connectivity index (χ3n) is 3.78. The molecule has 2 heteroatoms. The summed E-state index contributed by atoms with van der Waals surface area (Å²) in [4.78, 5) is 0. The second-order valence-corrected chi connectivity index (χ2v) is 5.45. The minimum absolute atomic E-state index is 0.176. The zero-order chi connectivity index (χ0) is 13.4. The van der Waals surface area contributed by atoms with Gasteiger partial charge in [-0.2, -0.15) is 0 Å². The van der Waals surface area contributed by atoms with Crippen molar-refractivity contribution >= 4 is 0 Å². The highest BCUT2D eigenvalue weighted by atomic mass is 16.3. The maximum Gasteiger partial charge on any atom is 0.0692 e. The van der Waals surface area contributed by atoms with Gasteiger partial charge in [0.25, 0.3) is 0 Å². The quantitative estimate of drug-likeness (QED) is 0.538. The topological polar surface area (TPSA) is 40.5 Å². The smallest absolute Gasteiger partial charge is 0.0692 e. The van der Waals surface area contributed by atoms with Crippen molar-refractivity contribution in [3.05, 3.63) is 24.3 Å². The van der Waals surface area contributed by atoms with E-state index in [1.54, 1.807) is 6.92 Å².